The molecule has 0 spiro atoms. The van der Waals surface area contributed by atoms with E-state index in [2.05, 4.69) is 10.6 Å². The summed E-state index contributed by atoms with van der Waals surface area (Å²) in [5.74, 6) is 0.155. The average molecular weight is 457 g/mol. The molecule has 29 heavy (non-hydrogen) atoms. The second-order valence-electron chi connectivity index (χ2n) is 6.60. The summed E-state index contributed by atoms with van der Waals surface area (Å²) in [7, 11) is 0. The fourth-order valence-electron chi connectivity index (χ4n) is 2.99. The lowest BCUT2D eigenvalue weighted by Crippen LogP contribution is -2.48. The molecule has 3 rings (SSSR count). The number of benzene rings is 2. The Kier molecular flexibility index (Phi) is 7.47. The lowest BCUT2D eigenvalue weighted by atomic mass is 10.1. The summed E-state index contributed by atoms with van der Waals surface area (Å²) in [6.45, 7) is 0.922. The molecule has 0 aliphatic carbocycles. The molecule has 1 saturated heterocycles. The minimum absolute atomic E-state index is 0.00759. The first-order chi connectivity index (χ1) is 13.9. The topological polar surface area (TPSA) is 70.7 Å². The molecule has 0 bridgehead atoms. The van der Waals surface area contributed by atoms with Gasteiger partial charge in [0, 0.05) is 30.9 Å². The summed E-state index contributed by atoms with van der Waals surface area (Å²) in [5, 5.41) is 6.65. The molecule has 0 saturated carbocycles. The Morgan fingerprint density at radius 3 is 2.34 bits per heavy atom. The highest BCUT2D eigenvalue weighted by Gasteiger charge is 2.24. The zero-order valence-electron chi connectivity index (χ0n) is 15.5. The fraction of sp³-hybridized carbons (Fsp3) is 0.300. The van der Waals surface area contributed by atoms with Crippen LogP contribution in [0.5, 0.6) is 5.75 Å². The van der Waals surface area contributed by atoms with Crippen LogP contribution in [0.3, 0.4) is 0 Å². The molecular formula is C20H20Cl3N3O3. The van der Waals surface area contributed by atoms with Crippen LogP contribution in [-0.2, 0) is 4.79 Å². The Labute approximate surface area is 184 Å². The van der Waals surface area contributed by atoms with Gasteiger partial charge in [0.25, 0.3) is 5.91 Å². The predicted molar refractivity (Wildman–Crippen MR) is 115 cm³/mol. The highest BCUT2D eigenvalue weighted by atomic mass is 35.5. The van der Waals surface area contributed by atoms with Crippen molar-refractivity contribution in [1.29, 1.82) is 0 Å². The van der Waals surface area contributed by atoms with Crippen LogP contribution < -0.4 is 15.4 Å². The molecule has 6 nitrogen and oxygen atoms in total. The average Bonchev–Trinajstić information content (AvgIpc) is 2.70. The maximum Gasteiger partial charge on any atom is 0.319 e. The Bertz CT molecular complexity index is 872. The van der Waals surface area contributed by atoms with Crippen LogP contribution in [0.15, 0.2) is 42.5 Å². The van der Waals surface area contributed by atoms with E-state index in [1.54, 1.807) is 4.90 Å². The molecular weight excluding hydrogens is 437 g/mol. The molecule has 9 heteroatoms. The van der Waals surface area contributed by atoms with Crippen LogP contribution in [0.4, 0.5) is 10.5 Å². The van der Waals surface area contributed by atoms with E-state index in [-0.39, 0.29) is 24.6 Å². The number of para-hydroxylation sites is 1. The monoisotopic (exact) mass is 455 g/mol. The molecule has 0 aromatic heterocycles. The number of rotatable bonds is 5. The van der Waals surface area contributed by atoms with Gasteiger partial charge in [-0.1, -0.05) is 53.0 Å². The SMILES string of the molecule is O=C(Nc1ccccc1)NC1CCN(C(=O)COc2cc(Cl)c(Cl)cc2Cl)CC1. The van der Waals surface area contributed by atoms with Crippen molar-refractivity contribution in [2.24, 2.45) is 0 Å². The van der Waals surface area contributed by atoms with Crippen molar-refractivity contribution >= 4 is 52.4 Å². The number of amides is 3. The molecule has 0 radical (unpaired) electrons. The maximum atomic E-state index is 12.4. The summed E-state index contributed by atoms with van der Waals surface area (Å²) in [4.78, 5) is 26.2. The summed E-state index contributed by atoms with van der Waals surface area (Å²) >= 11 is 17.9. The van der Waals surface area contributed by atoms with Gasteiger partial charge in [-0.05, 0) is 31.0 Å². The van der Waals surface area contributed by atoms with Crippen LogP contribution >= 0.6 is 34.8 Å². The van der Waals surface area contributed by atoms with Gasteiger partial charge < -0.3 is 20.3 Å². The Hall–Kier alpha value is -2.15. The molecule has 154 valence electrons. The number of urea groups is 1. The quantitative estimate of drug-likeness (QED) is 0.633. The number of nitrogens with zero attached hydrogens (tertiary/aromatic N) is 1. The molecule has 2 N–H and O–H groups in total. The third-order valence-electron chi connectivity index (χ3n) is 4.54. The van der Waals surface area contributed by atoms with Crippen LogP contribution in [-0.4, -0.2) is 42.6 Å². The van der Waals surface area contributed by atoms with Gasteiger partial charge >= 0.3 is 6.03 Å². The zero-order valence-corrected chi connectivity index (χ0v) is 17.7. The number of carbonyl (C=O) groups is 2. The van der Waals surface area contributed by atoms with Crippen molar-refractivity contribution in [3.63, 3.8) is 0 Å². The molecule has 0 atom stereocenters. The van der Waals surface area contributed by atoms with Crippen molar-refractivity contribution in [3.8, 4) is 5.75 Å². The lowest BCUT2D eigenvalue weighted by molar-refractivity contribution is -0.134. The Morgan fingerprint density at radius 2 is 1.66 bits per heavy atom. The van der Waals surface area contributed by atoms with E-state index < -0.39 is 0 Å². The van der Waals surface area contributed by atoms with Gasteiger partial charge in [-0.2, -0.15) is 0 Å². The summed E-state index contributed by atoms with van der Waals surface area (Å²) < 4.78 is 5.50. The largest absolute Gasteiger partial charge is 0.482 e. The van der Waals surface area contributed by atoms with E-state index in [0.717, 1.165) is 5.69 Å². The number of piperidine rings is 1. The minimum atomic E-state index is -0.251. The number of ether oxygens (including phenoxy) is 1. The third-order valence-corrected chi connectivity index (χ3v) is 5.56. The lowest BCUT2D eigenvalue weighted by Gasteiger charge is -2.32. The highest BCUT2D eigenvalue weighted by Crippen LogP contribution is 2.33. The number of hydrogen-bond donors (Lipinski definition) is 2. The van der Waals surface area contributed by atoms with E-state index in [1.807, 2.05) is 30.3 Å². The molecule has 1 aliphatic heterocycles. The van der Waals surface area contributed by atoms with E-state index in [0.29, 0.717) is 46.7 Å². The van der Waals surface area contributed by atoms with Gasteiger partial charge in [0.05, 0.1) is 15.1 Å². The van der Waals surface area contributed by atoms with Crippen LogP contribution in [0.1, 0.15) is 12.8 Å². The fourth-order valence-corrected chi connectivity index (χ4v) is 3.58. The summed E-state index contributed by atoms with van der Waals surface area (Å²) in [6.07, 6.45) is 1.34. The van der Waals surface area contributed by atoms with E-state index in [9.17, 15) is 9.59 Å². The van der Waals surface area contributed by atoms with Crippen molar-refractivity contribution in [1.82, 2.24) is 10.2 Å². The first-order valence-electron chi connectivity index (χ1n) is 9.10. The van der Waals surface area contributed by atoms with Crippen molar-refractivity contribution < 1.29 is 14.3 Å². The predicted octanol–water partition coefficient (Wildman–Crippen LogP) is 4.84. The standard InChI is InChI=1S/C20H20Cl3N3O3/c21-15-10-17(23)18(11-16(15)22)29-12-19(27)26-8-6-14(7-9-26)25-20(28)24-13-4-2-1-3-5-13/h1-5,10-11,14H,6-9,12H2,(H2,24,25,28). The van der Waals surface area contributed by atoms with Gasteiger partial charge in [-0.3, -0.25) is 4.79 Å². The second-order valence-corrected chi connectivity index (χ2v) is 7.83. The van der Waals surface area contributed by atoms with Crippen molar-refractivity contribution in [3.05, 3.63) is 57.5 Å². The molecule has 2 aromatic rings. The van der Waals surface area contributed by atoms with Crippen LogP contribution in [0, 0.1) is 0 Å². The summed E-state index contributed by atoms with van der Waals surface area (Å²) in [6, 6.07) is 12.0. The number of nitrogens with one attached hydrogen (secondary N) is 2. The first kappa shape index (κ1) is 21.6. The van der Waals surface area contributed by atoms with E-state index in [1.165, 1.54) is 12.1 Å². The number of carbonyl (C=O) groups excluding carboxylic acids is 2. The van der Waals surface area contributed by atoms with Crippen LogP contribution in [0.2, 0.25) is 15.1 Å². The molecule has 1 aliphatic rings. The summed E-state index contributed by atoms with van der Waals surface area (Å²) in [5.41, 5.74) is 0.732. The first-order valence-corrected chi connectivity index (χ1v) is 10.2. The van der Waals surface area contributed by atoms with E-state index >= 15 is 0 Å². The highest BCUT2D eigenvalue weighted by molar-refractivity contribution is 6.43. The molecule has 2 aromatic carbocycles. The molecule has 1 fully saturated rings. The maximum absolute atomic E-state index is 12.4. The van der Waals surface area contributed by atoms with Gasteiger partial charge in [0.1, 0.15) is 5.75 Å². The number of anilines is 1. The number of likely N-dealkylation sites (tertiary alicyclic amines) is 1. The molecule has 1 heterocycles. The molecule has 0 unspecified atom stereocenters. The second kappa shape index (κ2) is 10.1. The van der Waals surface area contributed by atoms with Gasteiger partial charge in [0.2, 0.25) is 0 Å². The van der Waals surface area contributed by atoms with Gasteiger partial charge in [0.15, 0.2) is 6.61 Å². The van der Waals surface area contributed by atoms with Gasteiger partial charge in [-0.15, -0.1) is 0 Å². The Balaban J connectivity index is 1.42. The van der Waals surface area contributed by atoms with Gasteiger partial charge in [-0.25, -0.2) is 4.79 Å². The van der Waals surface area contributed by atoms with Crippen molar-refractivity contribution in [2.75, 3.05) is 25.0 Å². The molecule has 3 amide bonds. The Morgan fingerprint density at radius 1 is 1.00 bits per heavy atom. The normalized spacial score (nSPS) is 14.4. The minimum Gasteiger partial charge on any atom is -0.482 e. The number of halogens is 3. The van der Waals surface area contributed by atoms with Crippen molar-refractivity contribution in [2.45, 2.75) is 18.9 Å². The zero-order chi connectivity index (χ0) is 20.8. The van der Waals surface area contributed by atoms with Crippen LogP contribution in [0.25, 0.3) is 0 Å². The number of hydrogen-bond acceptors (Lipinski definition) is 3. The smallest absolute Gasteiger partial charge is 0.319 e. The van der Waals surface area contributed by atoms with E-state index in [4.69, 9.17) is 39.5 Å². The third kappa shape index (κ3) is 6.16.